The van der Waals surface area contributed by atoms with E-state index in [9.17, 15) is 13.2 Å². The molecule has 1 atom stereocenters. The van der Waals surface area contributed by atoms with Crippen LogP contribution in [0.4, 0.5) is 13.2 Å². The summed E-state index contributed by atoms with van der Waals surface area (Å²) in [5, 5.41) is 9.17. The first kappa shape index (κ1) is 19.1. The first-order valence-electron chi connectivity index (χ1n) is 8.63. The molecule has 1 nitrogen and oxygen atoms in total. The fourth-order valence-corrected chi connectivity index (χ4v) is 2.92. The quantitative estimate of drug-likeness (QED) is 0.640. The van der Waals surface area contributed by atoms with Gasteiger partial charge in [-0.15, -0.1) is 0 Å². The Bertz CT molecular complexity index is 781. The zero-order valence-corrected chi connectivity index (χ0v) is 14.7. The van der Waals surface area contributed by atoms with Gasteiger partial charge in [0.1, 0.15) is 5.82 Å². The van der Waals surface area contributed by atoms with Gasteiger partial charge in [-0.25, -0.2) is 8.78 Å². The highest BCUT2D eigenvalue weighted by molar-refractivity contribution is 5.72. The molecule has 4 heteroatoms. The predicted molar refractivity (Wildman–Crippen MR) is 95.8 cm³/mol. The number of hydrogen-bond acceptors (Lipinski definition) is 1. The monoisotopic (exact) mass is 348 g/mol. The van der Waals surface area contributed by atoms with Gasteiger partial charge in [0.2, 0.25) is 5.82 Å². The first-order valence-corrected chi connectivity index (χ1v) is 8.63. The first-order chi connectivity index (χ1) is 12.0. The lowest BCUT2D eigenvalue weighted by Gasteiger charge is -2.19. The van der Waals surface area contributed by atoms with Crippen molar-refractivity contribution < 1.29 is 18.3 Å². The largest absolute Gasteiger partial charge is 0.505 e. The fourth-order valence-electron chi connectivity index (χ4n) is 2.92. The van der Waals surface area contributed by atoms with E-state index in [2.05, 4.69) is 6.92 Å². The van der Waals surface area contributed by atoms with Crippen LogP contribution in [-0.4, -0.2) is 5.11 Å². The van der Waals surface area contributed by atoms with Crippen molar-refractivity contribution in [3.63, 3.8) is 0 Å². The summed E-state index contributed by atoms with van der Waals surface area (Å²) >= 11 is 0. The molecule has 1 unspecified atom stereocenters. The number of hydrogen-bond donors (Lipinski definition) is 1. The van der Waals surface area contributed by atoms with Crippen LogP contribution in [0.5, 0.6) is 5.75 Å². The molecule has 2 aromatic rings. The third-order valence-corrected chi connectivity index (χ3v) is 4.36. The molecule has 3 rings (SSSR count). The number of phenols is 1. The average Bonchev–Trinajstić information content (AvgIpc) is 2.62. The van der Waals surface area contributed by atoms with Crippen LogP contribution in [0.1, 0.15) is 45.6 Å². The summed E-state index contributed by atoms with van der Waals surface area (Å²) in [6.45, 7) is 6.16. The number of benzene rings is 2. The molecule has 1 N–H and O–H groups in total. The number of aromatic hydroxyl groups is 1. The Labute approximate surface area is 146 Å². The van der Waals surface area contributed by atoms with Crippen molar-refractivity contribution in [3.8, 4) is 16.9 Å². The van der Waals surface area contributed by atoms with Gasteiger partial charge in [0, 0.05) is 11.1 Å². The molecule has 0 saturated heterocycles. The van der Waals surface area contributed by atoms with E-state index in [1.807, 2.05) is 19.9 Å². The molecule has 1 aliphatic rings. The van der Waals surface area contributed by atoms with E-state index in [4.69, 9.17) is 5.11 Å². The van der Waals surface area contributed by atoms with Crippen molar-refractivity contribution in [1.29, 1.82) is 0 Å². The molecule has 25 heavy (non-hydrogen) atoms. The summed E-state index contributed by atoms with van der Waals surface area (Å²) in [4.78, 5) is 0. The van der Waals surface area contributed by atoms with Gasteiger partial charge in [0.05, 0.1) is 0 Å². The Hall–Kier alpha value is -2.23. The molecule has 134 valence electrons. The van der Waals surface area contributed by atoms with Crippen LogP contribution >= 0.6 is 0 Å². The fraction of sp³-hybridized carbons (Fsp3) is 0.333. The molecule has 0 radical (unpaired) electrons. The topological polar surface area (TPSA) is 20.2 Å². The zero-order valence-electron chi connectivity index (χ0n) is 14.7. The second kappa shape index (κ2) is 8.24. The summed E-state index contributed by atoms with van der Waals surface area (Å²) in [6.07, 6.45) is 4.81. The number of allylic oxidation sites excluding steroid dienone is 2. The SMILES string of the molecule is CC.CC1CC=C(c2ccc(-c3ccc(O)c(F)c3F)cc2F)CC1. The van der Waals surface area contributed by atoms with Crippen molar-refractivity contribution in [3.05, 3.63) is 59.4 Å². The van der Waals surface area contributed by atoms with Gasteiger partial charge < -0.3 is 5.11 Å². The van der Waals surface area contributed by atoms with Crippen molar-refractivity contribution in [2.75, 3.05) is 0 Å². The second-order valence-electron chi connectivity index (χ2n) is 6.06. The molecule has 0 bridgehead atoms. The highest BCUT2D eigenvalue weighted by atomic mass is 19.2. The van der Waals surface area contributed by atoms with Crippen LogP contribution in [0.2, 0.25) is 0 Å². The normalized spacial score (nSPS) is 16.7. The Morgan fingerprint density at radius 2 is 1.64 bits per heavy atom. The van der Waals surface area contributed by atoms with Gasteiger partial charge >= 0.3 is 0 Å². The van der Waals surface area contributed by atoms with Gasteiger partial charge in [0.15, 0.2) is 11.6 Å². The molecule has 0 spiro atoms. The lowest BCUT2D eigenvalue weighted by Crippen LogP contribution is -2.02. The van der Waals surface area contributed by atoms with Crippen LogP contribution in [0, 0.1) is 23.4 Å². The maximum Gasteiger partial charge on any atom is 0.200 e. The zero-order chi connectivity index (χ0) is 18.6. The summed E-state index contributed by atoms with van der Waals surface area (Å²) in [6, 6.07) is 6.69. The number of halogens is 3. The minimum atomic E-state index is -1.32. The highest BCUT2D eigenvalue weighted by Gasteiger charge is 2.18. The smallest absolute Gasteiger partial charge is 0.200 e. The lowest BCUT2D eigenvalue weighted by molar-refractivity contribution is 0.408. The maximum atomic E-state index is 14.4. The van der Waals surface area contributed by atoms with Crippen molar-refractivity contribution >= 4 is 5.57 Å². The van der Waals surface area contributed by atoms with Crippen molar-refractivity contribution in [2.45, 2.75) is 40.0 Å². The molecule has 0 amide bonds. The van der Waals surface area contributed by atoms with Gasteiger partial charge in [-0.1, -0.05) is 39.0 Å². The summed E-state index contributed by atoms with van der Waals surface area (Å²) < 4.78 is 41.8. The minimum Gasteiger partial charge on any atom is -0.505 e. The number of rotatable bonds is 2. The molecule has 1 aliphatic carbocycles. The summed E-state index contributed by atoms with van der Waals surface area (Å²) in [5.74, 6) is -3.10. The molecular weight excluding hydrogens is 325 g/mol. The molecule has 0 heterocycles. The van der Waals surface area contributed by atoms with Crippen LogP contribution in [0.3, 0.4) is 0 Å². The maximum absolute atomic E-state index is 14.4. The van der Waals surface area contributed by atoms with Gasteiger partial charge in [-0.3, -0.25) is 0 Å². The molecule has 0 aliphatic heterocycles. The molecule has 0 fully saturated rings. The standard InChI is InChI=1S/C19H17F3O.C2H6/c1-11-2-4-12(5-3-11)14-7-6-13(10-16(14)20)15-8-9-17(23)19(22)18(15)21;1-2/h4,6-11,23H,2-3,5H2,1H3;1-2H3. The van der Waals surface area contributed by atoms with Gasteiger partial charge in [-0.05, 0) is 54.5 Å². The van der Waals surface area contributed by atoms with Gasteiger partial charge in [0.25, 0.3) is 0 Å². The minimum absolute atomic E-state index is 0.0722. The van der Waals surface area contributed by atoms with Crippen LogP contribution in [-0.2, 0) is 0 Å². The predicted octanol–water partition coefficient (Wildman–Crippen LogP) is 6.71. The van der Waals surface area contributed by atoms with E-state index < -0.39 is 23.2 Å². The van der Waals surface area contributed by atoms with Crippen LogP contribution in [0.25, 0.3) is 16.7 Å². The average molecular weight is 348 g/mol. The summed E-state index contributed by atoms with van der Waals surface area (Å²) in [7, 11) is 0. The Morgan fingerprint density at radius 3 is 2.24 bits per heavy atom. The van der Waals surface area contributed by atoms with E-state index in [-0.39, 0.29) is 11.1 Å². The summed E-state index contributed by atoms with van der Waals surface area (Å²) in [5.41, 5.74) is 1.65. The van der Waals surface area contributed by atoms with E-state index in [1.165, 1.54) is 12.1 Å². The lowest BCUT2D eigenvalue weighted by atomic mass is 9.87. The second-order valence-corrected chi connectivity index (χ2v) is 6.06. The third kappa shape index (κ3) is 4.06. The molecular formula is C21H23F3O. The Balaban J connectivity index is 0.00000109. The third-order valence-electron chi connectivity index (χ3n) is 4.36. The highest BCUT2D eigenvalue weighted by Crippen LogP contribution is 2.34. The molecule has 2 aromatic carbocycles. The van der Waals surface area contributed by atoms with E-state index in [0.29, 0.717) is 11.5 Å². The Kier molecular flexibility index (Phi) is 6.29. The molecule has 0 aromatic heterocycles. The number of phenolic OH excluding ortho intramolecular Hbond substituents is 1. The van der Waals surface area contributed by atoms with Crippen molar-refractivity contribution in [2.24, 2.45) is 5.92 Å². The van der Waals surface area contributed by atoms with E-state index in [0.717, 1.165) is 30.9 Å². The Morgan fingerprint density at radius 1 is 0.960 bits per heavy atom. The van der Waals surface area contributed by atoms with Crippen LogP contribution < -0.4 is 0 Å². The van der Waals surface area contributed by atoms with Crippen LogP contribution in [0.15, 0.2) is 36.4 Å². The van der Waals surface area contributed by atoms with E-state index >= 15 is 0 Å². The molecule has 0 saturated carbocycles. The van der Waals surface area contributed by atoms with Crippen molar-refractivity contribution in [1.82, 2.24) is 0 Å². The van der Waals surface area contributed by atoms with E-state index in [1.54, 1.807) is 12.1 Å². The van der Waals surface area contributed by atoms with Gasteiger partial charge in [-0.2, -0.15) is 4.39 Å².